The summed E-state index contributed by atoms with van der Waals surface area (Å²) in [5.41, 5.74) is 2.87. The largest absolute Gasteiger partial charge is 0.269 e. The number of hydrogen-bond donors (Lipinski definition) is 0. The van der Waals surface area contributed by atoms with Crippen LogP contribution in [0.15, 0.2) is 41.5 Å². The standard InChI is InChI=1S/C11H11.C3H6.Zn/c1-2-6-10(5-1)9-11-7-3-4-8-11;1-3-2;/h1-3,5,7H,4,6,9H2;1-2H3;/q-1;;. The van der Waals surface area contributed by atoms with Crippen molar-refractivity contribution in [3.05, 3.63) is 47.6 Å². The smallest absolute Gasteiger partial charge is 0.0130 e. The Balaban J connectivity index is 0.000000245. The Morgan fingerprint density at radius 3 is 2.60 bits per heavy atom. The molecule has 0 amide bonds. The van der Waals surface area contributed by atoms with Crippen molar-refractivity contribution in [2.24, 2.45) is 0 Å². The molecule has 0 fully saturated rings. The molecule has 0 spiro atoms. The third kappa shape index (κ3) is 5.79. The van der Waals surface area contributed by atoms with Crippen molar-refractivity contribution in [3.8, 4) is 0 Å². The molecule has 0 aliphatic heterocycles. The van der Waals surface area contributed by atoms with Gasteiger partial charge in [0.1, 0.15) is 0 Å². The quantitative estimate of drug-likeness (QED) is 0.518. The first kappa shape index (κ1) is 12.5. The molecule has 0 N–H and O–H groups in total. The Morgan fingerprint density at radius 2 is 2.13 bits per heavy atom. The van der Waals surface area contributed by atoms with Gasteiger partial charge in [-0.25, -0.2) is 11.6 Å². The van der Waals surface area contributed by atoms with Gasteiger partial charge in [-0.2, -0.15) is 6.08 Å². The second-order valence-electron chi connectivity index (χ2n) is 4.15. The van der Waals surface area contributed by atoms with Gasteiger partial charge >= 0.3 is 35.8 Å². The average molecular weight is 251 g/mol. The zero-order chi connectivity index (χ0) is 11.1. The molecule has 0 unspecified atom stereocenters. The Morgan fingerprint density at radius 1 is 1.40 bits per heavy atom. The summed E-state index contributed by atoms with van der Waals surface area (Å²) in [6.45, 7) is 4.28. The minimum atomic E-state index is 1.01. The fraction of sp³-hybridized carbons (Fsp3) is 0.357. The summed E-state index contributed by atoms with van der Waals surface area (Å²) in [5.74, 6) is 0. The SMILES string of the molecule is C[C](C)=[Zn].[C-]1=C(CC2=CC=CC2)C=CC1. The molecule has 0 saturated carbocycles. The molecule has 0 aromatic rings. The maximum absolute atomic E-state index is 3.32. The molecule has 0 bridgehead atoms. The van der Waals surface area contributed by atoms with Gasteiger partial charge in [-0.3, -0.25) is 6.08 Å². The molecule has 15 heavy (non-hydrogen) atoms. The monoisotopic (exact) mass is 249 g/mol. The van der Waals surface area contributed by atoms with E-state index in [2.05, 4.69) is 50.3 Å². The molecule has 2 aliphatic rings. The molecular formula is C14H17Zn-. The molecule has 1 heteroatoms. The average Bonchev–Trinajstić information content (AvgIpc) is 2.76. The van der Waals surface area contributed by atoms with E-state index in [1.54, 1.807) is 4.11 Å². The molecule has 76 valence electrons. The van der Waals surface area contributed by atoms with Crippen LogP contribution in [0.2, 0.25) is 0 Å². The molecular weight excluding hydrogens is 234 g/mol. The Hall–Kier alpha value is -0.547. The van der Waals surface area contributed by atoms with Gasteiger partial charge in [-0.1, -0.05) is 23.8 Å². The molecule has 0 atom stereocenters. The van der Waals surface area contributed by atoms with Crippen LogP contribution in [0, 0.1) is 6.08 Å². The minimum Gasteiger partial charge on any atom is -0.269 e. The summed E-state index contributed by atoms with van der Waals surface area (Å²) < 4.78 is 1.54. The third-order valence-electron chi connectivity index (χ3n) is 2.03. The van der Waals surface area contributed by atoms with Crippen LogP contribution in [0.5, 0.6) is 0 Å². The van der Waals surface area contributed by atoms with E-state index in [4.69, 9.17) is 0 Å². The van der Waals surface area contributed by atoms with E-state index in [0.29, 0.717) is 0 Å². The number of rotatable bonds is 2. The first-order valence-electron chi connectivity index (χ1n) is 5.41. The summed E-state index contributed by atoms with van der Waals surface area (Å²) in [4.78, 5) is 0. The molecule has 0 aromatic heterocycles. The van der Waals surface area contributed by atoms with E-state index in [1.165, 1.54) is 29.0 Å². The van der Waals surface area contributed by atoms with Crippen molar-refractivity contribution in [1.82, 2.24) is 0 Å². The van der Waals surface area contributed by atoms with Gasteiger partial charge in [-0.05, 0) is 12.8 Å². The maximum Gasteiger partial charge on any atom is -0.0130 e. The molecule has 0 radical (unpaired) electrons. The normalized spacial score (nSPS) is 17.1. The summed E-state index contributed by atoms with van der Waals surface area (Å²) in [6, 6.07) is 0. The first-order valence-corrected chi connectivity index (χ1v) is 6.90. The van der Waals surface area contributed by atoms with Crippen LogP contribution >= 0.6 is 0 Å². The van der Waals surface area contributed by atoms with Crippen LogP contribution in [0.1, 0.15) is 33.1 Å². The van der Waals surface area contributed by atoms with E-state index >= 15 is 0 Å². The van der Waals surface area contributed by atoms with Gasteiger partial charge in [0, 0.05) is 0 Å². The van der Waals surface area contributed by atoms with Crippen LogP contribution in [0.3, 0.4) is 0 Å². The van der Waals surface area contributed by atoms with Gasteiger partial charge < -0.3 is 0 Å². The second kappa shape index (κ2) is 6.85. The summed E-state index contributed by atoms with van der Waals surface area (Å²) >= 11 is 1.35. The van der Waals surface area contributed by atoms with Gasteiger partial charge in [0.15, 0.2) is 0 Å². The fourth-order valence-corrected chi connectivity index (χ4v) is 1.44. The second-order valence-corrected chi connectivity index (χ2v) is 7.12. The Labute approximate surface area is 103 Å². The molecule has 2 rings (SSSR count). The van der Waals surface area contributed by atoms with Crippen LogP contribution in [0.25, 0.3) is 0 Å². The van der Waals surface area contributed by atoms with Crippen LogP contribution in [0.4, 0.5) is 0 Å². The van der Waals surface area contributed by atoms with E-state index in [9.17, 15) is 0 Å². The number of hydrogen-bond acceptors (Lipinski definition) is 0. The van der Waals surface area contributed by atoms with Gasteiger partial charge in [0.25, 0.3) is 0 Å². The minimum absolute atomic E-state index is 1.01. The Kier molecular flexibility index (Phi) is 5.72. The summed E-state index contributed by atoms with van der Waals surface area (Å²) in [7, 11) is 0. The van der Waals surface area contributed by atoms with Crippen LogP contribution in [-0.4, -0.2) is 4.11 Å². The van der Waals surface area contributed by atoms with E-state index in [0.717, 1.165) is 19.3 Å². The van der Waals surface area contributed by atoms with Crippen molar-refractivity contribution in [1.29, 1.82) is 0 Å². The van der Waals surface area contributed by atoms with Crippen LogP contribution < -0.4 is 0 Å². The zero-order valence-electron chi connectivity index (χ0n) is 9.72. The van der Waals surface area contributed by atoms with E-state index in [-0.39, 0.29) is 0 Å². The predicted octanol–water partition coefficient (Wildman–Crippen LogP) is 3.70. The zero-order valence-corrected chi connectivity index (χ0v) is 12.7. The van der Waals surface area contributed by atoms with Crippen molar-refractivity contribution in [3.63, 3.8) is 0 Å². The van der Waals surface area contributed by atoms with Crippen molar-refractivity contribution in [2.45, 2.75) is 33.1 Å². The number of allylic oxidation sites excluding steroid dienone is 8. The maximum atomic E-state index is 3.32. The Bertz CT molecular complexity index is 336. The molecule has 0 saturated heterocycles. The predicted molar refractivity (Wildman–Crippen MR) is 63.3 cm³/mol. The fourth-order valence-electron chi connectivity index (χ4n) is 1.44. The van der Waals surface area contributed by atoms with Gasteiger partial charge in [0.2, 0.25) is 0 Å². The van der Waals surface area contributed by atoms with E-state index in [1.807, 2.05) is 0 Å². The first-order chi connectivity index (χ1) is 7.18. The molecule has 0 heterocycles. The van der Waals surface area contributed by atoms with Crippen LogP contribution in [-0.2, 0) is 17.9 Å². The third-order valence-corrected chi connectivity index (χ3v) is 2.03. The molecule has 0 nitrogen and oxygen atoms in total. The van der Waals surface area contributed by atoms with E-state index < -0.39 is 0 Å². The van der Waals surface area contributed by atoms with Crippen molar-refractivity contribution in [2.75, 3.05) is 0 Å². The van der Waals surface area contributed by atoms with Crippen molar-refractivity contribution >= 4 is 4.11 Å². The molecule has 0 aromatic carbocycles. The summed E-state index contributed by atoms with van der Waals surface area (Å²) in [5, 5.41) is 0. The molecule has 2 aliphatic carbocycles. The van der Waals surface area contributed by atoms with Gasteiger partial charge in [0.05, 0.1) is 0 Å². The topological polar surface area (TPSA) is 0 Å². The van der Waals surface area contributed by atoms with Crippen molar-refractivity contribution < 1.29 is 17.9 Å². The summed E-state index contributed by atoms with van der Waals surface area (Å²) in [6.07, 6.45) is 17.5. The van der Waals surface area contributed by atoms with Gasteiger partial charge in [-0.15, -0.1) is 6.42 Å².